The van der Waals surface area contributed by atoms with Crippen LogP contribution in [0.3, 0.4) is 0 Å². The second-order valence-corrected chi connectivity index (χ2v) is 4.26. The Kier molecular flexibility index (Phi) is 6.75. The van der Waals surface area contributed by atoms with E-state index in [-0.39, 0.29) is 30.8 Å². The summed E-state index contributed by atoms with van der Waals surface area (Å²) in [4.78, 5) is 26.3. The van der Waals surface area contributed by atoms with Crippen LogP contribution in [0.15, 0.2) is 12.1 Å². The van der Waals surface area contributed by atoms with Gasteiger partial charge >= 0.3 is 0 Å². The Morgan fingerprint density at radius 1 is 1.45 bits per heavy atom. The zero-order valence-electron chi connectivity index (χ0n) is 11.1. The Bertz CT molecular complexity index is 482. The van der Waals surface area contributed by atoms with Crippen LogP contribution >= 0.6 is 11.6 Å². The van der Waals surface area contributed by atoms with E-state index >= 15 is 0 Å². The van der Waals surface area contributed by atoms with Gasteiger partial charge in [0, 0.05) is 18.7 Å². The predicted molar refractivity (Wildman–Crippen MR) is 75.8 cm³/mol. The van der Waals surface area contributed by atoms with Gasteiger partial charge in [-0.15, -0.1) is 0 Å². The van der Waals surface area contributed by atoms with Gasteiger partial charge in [-0.3, -0.25) is 9.59 Å². The van der Waals surface area contributed by atoms with Gasteiger partial charge in [0.05, 0.1) is 6.61 Å². The van der Waals surface area contributed by atoms with Crippen LogP contribution in [0.25, 0.3) is 0 Å². The minimum atomic E-state index is -0.549. The highest BCUT2D eigenvalue weighted by molar-refractivity contribution is 6.29. The normalized spacial score (nSPS) is 10.1. The summed E-state index contributed by atoms with van der Waals surface area (Å²) in [5.74, 6) is -0.307. The van der Waals surface area contributed by atoms with Crippen molar-refractivity contribution < 1.29 is 14.3 Å². The number of halogens is 1. The van der Waals surface area contributed by atoms with Gasteiger partial charge in [0.1, 0.15) is 17.6 Å². The molecule has 0 spiro atoms. The molecular weight excluding hydrogens is 284 g/mol. The van der Waals surface area contributed by atoms with E-state index in [0.29, 0.717) is 17.9 Å². The van der Waals surface area contributed by atoms with Crippen molar-refractivity contribution in [3.8, 4) is 0 Å². The molecule has 4 N–H and O–H groups in total. The van der Waals surface area contributed by atoms with Crippen molar-refractivity contribution in [2.45, 2.75) is 6.92 Å². The first-order valence-electron chi connectivity index (χ1n) is 6.08. The molecule has 0 aliphatic heterocycles. The first-order valence-corrected chi connectivity index (χ1v) is 6.46. The van der Waals surface area contributed by atoms with E-state index in [1.54, 1.807) is 6.07 Å². The molecule has 7 nitrogen and oxygen atoms in total. The fourth-order valence-corrected chi connectivity index (χ4v) is 1.62. The van der Waals surface area contributed by atoms with E-state index in [1.807, 2.05) is 6.92 Å². The minimum Gasteiger partial charge on any atom is -0.370 e. The maximum Gasteiger partial charge on any atom is 0.251 e. The van der Waals surface area contributed by atoms with Crippen LogP contribution in [0.5, 0.6) is 0 Å². The van der Waals surface area contributed by atoms with Gasteiger partial charge in [-0.1, -0.05) is 11.6 Å². The first-order chi connectivity index (χ1) is 9.52. The first kappa shape index (κ1) is 16.2. The number of hydrogen-bond acceptors (Lipinski definition) is 5. The van der Waals surface area contributed by atoms with Crippen LogP contribution in [0, 0.1) is 0 Å². The van der Waals surface area contributed by atoms with Crippen molar-refractivity contribution in [2.75, 3.05) is 31.6 Å². The molecule has 0 unspecified atom stereocenters. The van der Waals surface area contributed by atoms with E-state index in [1.165, 1.54) is 6.07 Å². The average molecular weight is 301 g/mol. The van der Waals surface area contributed by atoms with Crippen LogP contribution in [0.4, 0.5) is 5.82 Å². The van der Waals surface area contributed by atoms with E-state index in [2.05, 4.69) is 15.6 Å². The number of nitrogens with zero attached hydrogens (tertiary/aromatic N) is 1. The highest BCUT2D eigenvalue weighted by Crippen LogP contribution is 2.14. The van der Waals surface area contributed by atoms with E-state index < -0.39 is 5.91 Å². The third-order valence-corrected chi connectivity index (χ3v) is 2.38. The number of aromatic nitrogens is 1. The zero-order valence-corrected chi connectivity index (χ0v) is 11.9. The molecule has 0 aliphatic carbocycles. The van der Waals surface area contributed by atoms with Gasteiger partial charge in [0.25, 0.3) is 5.91 Å². The maximum absolute atomic E-state index is 11.9. The second-order valence-electron chi connectivity index (χ2n) is 3.87. The van der Waals surface area contributed by atoms with E-state index in [4.69, 9.17) is 22.1 Å². The standard InChI is InChI=1S/C12H17ClN4O3/c1-2-15-11-6-8(5-9(13)17-11)12(19)16-3-4-20-7-10(14)18/h5-6H,2-4,7H2,1H3,(H2,14,18)(H,15,17)(H,16,19). The number of anilines is 1. The molecule has 1 rings (SSSR count). The minimum absolute atomic E-state index is 0.165. The molecule has 110 valence electrons. The van der Waals surface area contributed by atoms with Crippen molar-refractivity contribution in [3.63, 3.8) is 0 Å². The molecule has 0 saturated carbocycles. The molecule has 0 fully saturated rings. The molecule has 1 aromatic heterocycles. The van der Waals surface area contributed by atoms with Gasteiger partial charge in [0.2, 0.25) is 5.91 Å². The van der Waals surface area contributed by atoms with Crippen LogP contribution in [0.2, 0.25) is 5.15 Å². The second kappa shape index (κ2) is 8.34. The molecule has 0 atom stereocenters. The molecule has 0 aromatic carbocycles. The maximum atomic E-state index is 11.9. The lowest BCUT2D eigenvalue weighted by Crippen LogP contribution is -2.29. The Hall–Kier alpha value is -1.86. The van der Waals surface area contributed by atoms with E-state index in [9.17, 15) is 9.59 Å². The Morgan fingerprint density at radius 2 is 2.20 bits per heavy atom. The quantitative estimate of drug-likeness (QED) is 0.476. The molecule has 0 saturated heterocycles. The van der Waals surface area contributed by atoms with Crippen molar-refractivity contribution in [3.05, 3.63) is 22.8 Å². The topological polar surface area (TPSA) is 106 Å². The van der Waals surface area contributed by atoms with Crippen LogP contribution in [0.1, 0.15) is 17.3 Å². The average Bonchev–Trinajstić information content (AvgIpc) is 2.37. The molecule has 0 bridgehead atoms. The number of primary amides is 1. The number of ether oxygens (including phenoxy) is 1. The third kappa shape index (κ3) is 5.85. The summed E-state index contributed by atoms with van der Waals surface area (Å²) in [6.07, 6.45) is 0. The van der Waals surface area contributed by atoms with Gasteiger partial charge in [0.15, 0.2) is 0 Å². The van der Waals surface area contributed by atoms with Gasteiger partial charge in [-0.2, -0.15) is 0 Å². The van der Waals surface area contributed by atoms with Crippen molar-refractivity contribution in [1.29, 1.82) is 0 Å². The Balaban J connectivity index is 2.48. The third-order valence-electron chi connectivity index (χ3n) is 2.19. The number of nitrogens with two attached hydrogens (primary N) is 1. The SMILES string of the molecule is CCNc1cc(C(=O)NCCOCC(N)=O)cc(Cl)n1. The summed E-state index contributed by atoms with van der Waals surface area (Å²) < 4.78 is 4.93. The lowest BCUT2D eigenvalue weighted by atomic mass is 10.2. The Morgan fingerprint density at radius 3 is 2.85 bits per heavy atom. The lowest BCUT2D eigenvalue weighted by Gasteiger charge is -2.08. The number of hydrogen-bond donors (Lipinski definition) is 3. The highest BCUT2D eigenvalue weighted by Gasteiger charge is 2.08. The summed E-state index contributed by atoms with van der Waals surface area (Å²) in [5, 5.41) is 5.85. The summed E-state index contributed by atoms with van der Waals surface area (Å²) in [6.45, 7) is 2.89. The van der Waals surface area contributed by atoms with Crippen LogP contribution in [-0.2, 0) is 9.53 Å². The number of rotatable bonds is 8. The lowest BCUT2D eigenvalue weighted by molar-refractivity contribution is -0.122. The van der Waals surface area contributed by atoms with Crippen molar-refractivity contribution >= 4 is 29.2 Å². The van der Waals surface area contributed by atoms with Gasteiger partial charge < -0.3 is 21.1 Å². The number of amides is 2. The summed E-state index contributed by atoms with van der Waals surface area (Å²) in [7, 11) is 0. The van der Waals surface area contributed by atoms with E-state index in [0.717, 1.165) is 0 Å². The molecule has 2 amide bonds. The highest BCUT2D eigenvalue weighted by atomic mass is 35.5. The summed E-state index contributed by atoms with van der Waals surface area (Å²) in [6, 6.07) is 3.08. The van der Waals surface area contributed by atoms with Crippen molar-refractivity contribution in [2.24, 2.45) is 5.73 Å². The molecule has 1 heterocycles. The van der Waals surface area contributed by atoms with Crippen LogP contribution < -0.4 is 16.4 Å². The monoisotopic (exact) mass is 300 g/mol. The molecule has 0 radical (unpaired) electrons. The molecule has 1 aromatic rings. The van der Waals surface area contributed by atoms with Crippen LogP contribution in [-0.4, -0.2) is 43.1 Å². The Labute approximate surface area is 121 Å². The number of carbonyl (C=O) groups excluding carboxylic acids is 2. The molecule has 8 heteroatoms. The molecule has 20 heavy (non-hydrogen) atoms. The molecule has 0 aliphatic rings. The smallest absolute Gasteiger partial charge is 0.251 e. The largest absolute Gasteiger partial charge is 0.370 e. The zero-order chi connectivity index (χ0) is 15.0. The number of carbonyl (C=O) groups is 2. The van der Waals surface area contributed by atoms with Gasteiger partial charge in [-0.05, 0) is 19.1 Å². The predicted octanol–water partition coefficient (Wildman–Crippen LogP) is 0.399. The van der Waals surface area contributed by atoms with Gasteiger partial charge in [-0.25, -0.2) is 4.98 Å². The summed E-state index contributed by atoms with van der Waals surface area (Å²) in [5.41, 5.74) is 5.31. The van der Waals surface area contributed by atoms with Crippen molar-refractivity contribution in [1.82, 2.24) is 10.3 Å². The summed E-state index contributed by atoms with van der Waals surface area (Å²) >= 11 is 5.84. The number of pyridine rings is 1. The fraction of sp³-hybridized carbons (Fsp3) is 0.417. The molecular formula is C12H17ClN4O3. The number of nitrogens with one attached hydrogen (secondary N) is 2. The fourth-order valence-electron chi connectivity index (χ4n) is 1.41.